The van der Waals surface area contributed by atoms with Crippen molar-refractivity contribution in [2.45, 2.75) is 19.4 Å². The van der Waals surface area contributed by atoms with Gasteiger partial charge in [0.05, 0.1) is 4.88 Å². The molecule has 0 saturated heterocycles. The van der Waals surface area contributed by atoms with Gasteiger partial charge in [-0.15, -0.1) is 11.3 Å². The van der Waals surface area contributed by atoms with Crippen molar-refractivity contribution >= 4 is 45.4 Å². The average Bonchev–Trinajstić information content (AvgIpc) is 3.25. The van der Waals surface area contributed by atoms with Crippen LogP contribution in [0.4, 0.5) is 0 Å². The van der Waals surface area contributed by atoms with Gasteiger partial charge in [0.2, 0.25) is 5.91 Å². The first-order chi connectivity index (χ1) is 12.1. The van der Waals surface area contributed by atoms with Crippen LogP contribution in [0.3, 0.4) is 0 Å². The number of benzene rings is 1. The molecule has 0 spiro atoms. The summed E-state index contributed by atoms with van der Waals surface area (Å²) >= 11 is 10.4. The molecule has 130 valence electrons. The van der Waals surface area contributed by atoms with Gasteiger partial charge in [0.1, 0.15) is 6.04 Å². The van der Waals surface area contributed by atoms with Gasteiger partial charge < -0.3 is 5.32 Å². The lowest BCUT2D eigenvalue weighted by Gasteiger charge is -2.15. The molecule has 2 heterocycles. The third-order valence-corrected chi connectivity index (χ3v) is 5.79. The van der Waals surface area contributed by atoms with E-state index in [-0.39, 0.29) is 5.91 Å². The molecule has 5 nitrogen and oxygen atoms in total. The first kappa shape index (κ1) is 18.0. The van der Waals surface area contributed by atoms with E-state index in [4.69, 9.17) is 12.2 Å². The first-order valence-electron chi connectivity index (χ1n) is 7.80. The Morgan fingerprint density at radius 3 is 2.92 bits per heavy atom. The van der Waals surface area contributed by atoms with Crippen LogP contribution in [-0.4, -0.2) is 27.2 Å². The average molecular weight is 437 g/mol. The Kier molecular flexibility index (Phi) is 5.82. The minimum absolute atomic E-state index is 0.0811. The Labute approximate surface area is 163 Å². The second-order valence-electron chi connectivity index (χ2n) is 5.51. The summed E-state index contributed by atoms with van der Waals surface area (Å²) in [5.41, 5.74) is 1.16. The Bertz CT molecular complexity index is 917. The van der Waals surface area contributed by atoms with Crippen LogP contribution in [0.2, 0.25) is 0 Å². The Hall–Kier alpha value is -1.77. The van der Waals surface area contributed by atoms with Crippen molar-refractivity contribution in [3.05, 3.63) is 56.6 Å². The van der Waals surface area contributed by atoms with Crippen LogP contribution in [0.25, 0.3) is 10.7 Å². The fourth-order valence-electron chi connectivity index (χ4n) is 2.53. The summed E-state index contributed by atoms with van der Waals surface area (Å²) in [5, 5.41) is 12.0. The number of rotatable bonds is 6. The zero-order valence-electron chi connectivity index (χ0n) is 13.5. The van der Waals surface area contributed by atoms with E-state index in [2.05, 4.69) is 31.4 Å². The van der Waals surface area contributed by atoms with E-state index in [9.17, 15) is 4.79 Å². The van der Waals surface area contributed by atoms with Gasteiger partial charge in [-0.3, -0.25) is 14.5 Å². The Morgan fingerprint density at radius 1 is 1.40 bits per heavy atom. The maximum atomic E-state index is 12.6. The number of nitrogens with one attached hydrogen (secondary N) is 2. The third kappa shape index (κ3) is 4.08. The molecule has 0 bridgehead atoms. The number of amides is 1. The van der Waals surface area contributed by atoms with Crippen molar-refractivity contribution < 1.29 is 4.79 Å². The van der Waals surface area contributed by atoms with E-state index in [0.717, 1.165) is 21.3 Å². The normalized spacial score (nSPS) is 12.1. The minimum atomic E-state index is -0.442. The number of hydrogen-bond donors (Lipinski definition) is 2. The lowest BCUT2D eigenvalue weighted by atomic mass is 10.1. The molecule has 0 saturated carbocycles. The molecule has 0 fully saturated rings. The van der Waals surface area contributed by atoms with Crippen molar-refractivity contribution in [3.8, 4) is 10.7 Å². The topological polar surface area (TPSA) is 62.7 Å². The van der Waals surface area contributed by atoms with Crippen LogP contribution in [0.1, 0.15) is 18.5 Å². The number of thiophene rings is 1. The molecule has 0 aliphatic rings. The van der Waals surface area contributed by atoms with Gasteiger partial charge in [0.25, 0.3) is 0 Å². The molecule has 1 unspecified atom stereocenters. The summed E-state index contributed by atoms with van der Waals surface area (Å²) in [6.45, 7) is 2.39. The fraction of sp³-hybridized carbons (Fsp3) is 0.235. The minimum Gasteiger partial charge on any atom is -0.354 e. The quantitative estimate of drug-likeness (QED) is 0.564. The van der Waals surface area contributed by atoms with E-state index in [1.165, 1.54) is 0 Å². The van der Waals surface area contributed by atoms with Gasteiger partial charge in [0.15, 0.2) is 10.6 Å². The van der Waals surface area contributed by atoms with Crippen LogP contribution >= 0.6 is 39.5 Å². The maximum Gasteiger partial charge on any atom is 0.242 e. The number of halogens is 1. The lowest BCUT2D eigenvalue weighted by molar-refractivity contribution is -0.123. The van der Waals surface area contributed by atoms with E-state index < -0.39 is 6.04 Å². The molecule has 3 aromatic rings. The molecule has 3 rings (SSSR count). The summed E-state index contributed by atoms with van der Waals surface area (Å²) < 4.78 is 3.25. The van der Waals surface area contributed by atoms with Gasteiger partial charge in [-0.2, -0.15) is 5.10 Å². The zero-order chi connectivity index (χ0) is 17.8. The largest absolute Gasteiger partial charge is 0.354 e. The van der Waals surface area contributed by atoms with Gasteiger partial charge in [-0.1, -0.05) is 40.2 Å². The van der Waals surface area contributed by atoms with E-state index >= 15 is 0 Å². The van der Waals surface area contributed by atoms with Crippen LogP contribution in [0.5, 0.6) is 0 Å². The van der Waals surface area contributed by atoms with Crippen molar-refractivity contribution in [1.29, 1.82) is 0 Å². The SMILES string of the molecule is CC(C(=O)NCCc1ccccc1Br)n1c(-c2cccs2)n[nH]c1=S. The zero-order valence-corrected chi connectivity index (χ0v) is 16.7. The molecule has 0 radical (unpaired) electrons. The molecule has 0 aliphatic heterocycles. The summed E-state index contributed by atoms with van der Waals surface area (Å²) in [5.74, 6) is 0.607. The Balaban J connectivity index is 1.68. The predicted octanol–water partition coefficient (Wildman–Crippen LogP) is 4.35. The van der Waals surface area contributed by atoms with Gasteiger partial charge >= 0.3 is 0 Å². The molecule has 1 atom stereocenters. The van der Waals surface area contributed by atoms with Gasteiger partial charge in [-0.05, 0) is 48.6 Å². The molecule has 2 aromatic heterocycles. The smallest absolute Gasteiger partial charge is 0.242 e. The number of hydrogen-bond acceptors (Lipinski definition) is 4. The molecule has 2 N–H and O–H groups in total. The summed E-state index contributed by atoms with van der Waals surface area (Å²) in [6.07, 6.45) is 0.758. The van der Waals surface area contributed by atoms with Gasteiger partial charge in [-0.25, -0.2) is 0 Å². The van der Waals surface area contributed by atoms with Crippen LogP contribution in [-0.2, 0) is 11.2 Å². The van der Waals surface area contributed by atoms with Crippen LogP contribution in [0, 0.1) is 4.77 Å². The highest BCUT2D eigenvalue weighted by atomic mass is 79.9. The third-order valence-electron chi connectivity index (χ3n) is 3.86. The molecule has 0 aliphatic carbocycles. The van der Waals surface area contributed by atoms with Crippen LogP contribution < -0.4 is 5.32 Å². The molecule has 8 heteroatoms. The van der Waals surface area contributed by atoms with Gasteiger partial charge in [0, 0.05) is 11.0 Å². The standard InChI is InChI=1S/C17H17BrN4OS2/c1-11(16(23)19-9-8-12-5-2-3-6-13(12)18)22-15(20-21-17(22)24)14-7-4-10-25-14/h2-7,10-11H,8-9H2,1H3,(H,19,23)(H,21,24). The summed E-state index contributed by atoms with van der Waals surface area (Å²) in [6, 6.07) is 11.5. The second-order valence-corrected chi connectivity index (χ2v) is 7.70. The monoisotopic (exact) mass is 436 g/mol. The van der Waals surface area contributed by atoms with E-state index in [1.807, 2.05) is 48.7 Å². The van der Waals surface area contributed by atoms with Crippen molar-refractivity contribution in [2.75, 3.05) is 6.54 Å². The molecular weight excluding hydrogens is 420 g/mol. The Morgan fingerprint density at radius 2 is 2.20 bits per heavy atom. The maximum absolute atomic E-state index is 12.6. The van der Waals surface area contributed by atoms with Crippen molar-refractivity contribution in [2.24, 2.45) is 0 Å². The fourth-order valence-corrected chi connectivity index (χ4v) is 4.01. The highest BCUT2D eigenvalue weighted by Gasteiger charge is 2.21. The van der Waals surface area contributed by atoms with E-state index in [1.54, 1.807) is 15.9 Å². The first-order valence-corrected chi connectivity index (χ1v) is 9.88. The summed E-state index contributed by atoms with van der Waals surface area (Å²) in [4.78, 5) is 13.5. The number of aromatic nitrogens is 3. The van der Waals surface area contributed by atoms with Crippen molar-refractivity contribution in [3.63, 3.8) is 0 Å². The van der Waals surface area contributed by atoms with Crippen molar-refractivity contribution in [1.82, 2.24) is 20.1 Å². The highest BCUT2D eigenvalue weighted by Crippen LogP contribution is 2.25. The number of aromatic amines is 1. The number of nitrogens with zero attached hydrogens (tertiary/aromatic N) is 2. The molecule has 1 aromatic carbocycles. The molecule has 1 amide bonds. The highest BCUT2D eigenvalue weighted by molar-refractivity contribution is 9.10. The predicted molar refractivity (Wildman–Crippen MR) is 106 cm³/mol. The van der Waals surface area contributed by atoms with Crippen LogP contribution in [0.15, 0.2) is 46.3 Å². The molecule has 25 heavy (non-hydrogen) atoms. The number of H-pyrrole nitrogens is 1. The summed E-state index contributed by atoms with van der Waals surface area (Å²) in [7, 11) is 0. The number of carbonyl (C=O) groups excluding carboxylic acids is 1. The number of carbonyl (C=O) groups is 1. The second kappa shape index (κ2) is 8.07. The lowest BCUT2D eigenvalue weighted by Crippen LogP contribution is -2.32. The van der Waals surface area contributed by atoms with E-state index in [0.29, 0.717) is 17.1 Å². The molecular formula is C17H17BrN4OS2.